The highest BCUT2D eigenvalue weighted by Crippen LogP contribution is 2.18. The average molecular weight is 261 g/mol. The lowest BCUT2D eigenvalue weighted by atomic mass is 10.1. The van der Waals surface area contributed by atoms with Gasteiger partial charge in [0.1, 0.15) is 6.04 Å². The maximum absolute atomic E-state index is 11.6. The van der Waals surface area contributed by atoms with E-state index in [4.69, 9.17) is 0 Å². The summed E-state index contributed by atoms with van der Waals surface area (Å²) in [5, 5.41) is 8.00. The molecule has 6 nitrogen and oxygen atoms in total. The maximum atomic E-state index is 11.6. The van der Waals surface area contributed by atoms with Gasteiger partial charge in [-0.1, -0.05) is 6.07 Å². The number of amides is 3. The van der Waals surface area contributed by atoms with Crippen molar-refractivity contribution in [2.45, 2.75) is 25.8 Å². The Morgan fingerprint density at radius 2 is 2.05 bits per heavy atom. The Hall–Kier alpha value is -2.37. The predicted molar refractivity (Wildman–Crippen MR) is 70.5 cm³/mol. The molecule has 6 heteroatoms. The number of nitrogens with one attached hydrogen (secondary N) is 3. The van der Waals surface area contributed by atoms with Gasteiger partial charge < -0.3 is 10.6 Å². The minimum Gasteiger partial charge on any atom is -0.374 e. The molecule has 1 saturated heterocycles. The monoisotopic (exact) mass is 261 g/mol. The number of rotatable bonds is 3. The van der Waals surface area contributed by atoms with Gasteiger partial charge in [-0.3, -0.25) is 19.7 Å². The van der Waals surface area contributed by atoms with E-state index in [0.717, 1.165) is 5.69 Å². The lowest BCUT2D eigenvalue weighted by molar-refractivity contribution is -0.133. The molecule has 1 aromatic rings. The fourth-order valence-electron chi connectivity index (χ4n) is 1.92. The van der Waals surface area contributed by atoms with Crippen LogP contribution >= 0.6 is 0 Å². The predicted octanol–water partition coefficient (Wildman–Crippen LogP) is 0.862. The van der Waals surface area contributed by atoms with Crippen LogP contribution in [-0.4, -0.2) is 23.8 Å². The lowest BCUT2D eigenvalue weighted by Gasteiger charge is -2.23. The number of carbonyl (C=O) groups is 3. The molecule has 1 heterocycles. The van der Waals surface area contributed by atoms with Gasteiger partial charge >= 0.3 is 0 Å². The van der Waals surface area contributed by atoms with E-state index in [1.807, 2.05) is 0 Å². The summed E-state index contributed by atoms with van der Waals surface area (Å²) in [7, 11) is 0. The second-order valence-electron chi connectivity index (χ2n) is 4.41. The maximum Gasteiger partial charge on any atom is 0.249 e. The fraction of sp³-hybridized carbons (Fsp3) is 0.308. The van der Waals surface area contributed by atoms with Gasteiger partial charge in [0.15, 0.2) is 0 Å². The van der Waals surface area contributed by atoms with Crippen molar-refractivity contribution in [1.29, 1.82) is 0 Å². The molecule has 1 atom stereocenters. The Morgan fingerprint density at radius 1 is 1.32 bits per heavy atom. The van der Waals surface area contributed by atoms with Crippen LogP contribution in [0.1, 0.15) is 19.8 Å². The molecule has 1 aliphatic heterocycles. The van der Waals surface area contributed by atoms with Crippen molar-refractivity contribution in [1.82, 2.24) is 5.32 Å². The lowest BCUT2D eigenvalue weighted by Crippen LogP contribution is -2.47. The molecule has 1 aliphatic rings. The Morgan fingerprint density at radius 3 is 2.74 bits per heavy atom. The van der Waals surface area contributed by atoms with Crippen molar-refractivity contribution in [3.63, 3.8) is 0 Å². The topological polar surface area (TPSA) is 87.3 Å². The summed E-state index contributed by atoms with van der Waals surface area (Å²) in [6.07, 6.45) is 0.795. The van der Waals surface area contributed by atoms with Crippen LogP contribution in [0.2, 0.25) is 0 Å². The van der Waals surface area contributed by atoms with Crippen molar-refractivity contribution >= 4 is 29.1 Å². The third-order valence-corrected chi connectivity index (χ3v) is 2.76. The minimum absolute atomic E-state index is 0.154. The summed E-state index contributed by atoms with van der Waals surface area (Å²) in [5.74, 6) is -0.714. The molecule has 0 saturated carbocycles. The van der Waals surface area contributed by atoms with Crippen LogP contribution in [0.3, 0.4) is 0 Å². The largest absolute Gasteiger partial charge is 0.374 e. The Balaban J connectivity index is 2.04. The van der Waals surface area contributed by atoms with Gasteiger partial charge in [-0.2, -0.15) is 0 Å². The van der Waals surface area contributed by atoms with Crippen molar-refractivity contribution in [2.75, 3.05) is 10.6 Å². The van der Waals surface area contributed by atoms with E-state index >= 15 is 0 Å². The number of benzene rings is 1. The third kappa shape index (κ3) is 3.54. The molecule has 1 fully saturated rings. The van der Waals surface area contributed by atoms with E-state index < -0.39 is 6.04 Å². The number of hydrogen-bond donors (Lipinski definition) is 3. The summed E-state index contributed by atoms with van der Waals surface area (Å²) in [5.41, 5.74) is 1.38. The first-order valence-electron chi connectivity index (χ1n) is 6.02. The zero-order valence-corrected chi connectivity index (χ0v) is 10.5. The molecular formula is C13H15N3O3. The van der Waals surface area contributed by atoms with Gasteiger partial charge in [0.05, 0.1) is 0 Å². The third-order valence-electron chi connectivity index (χ3n) is 2.76. The summed E-state index contributed by atoms with van der Waals surface area (Å²) in [6, 6.07) is 6.65. The first kappa shape index (κ1) is 13.1. The normalized spacial score (nSPS) is 18.7. The Labute approximate surface area is 110 Å². The standard InChI is InChI=1S/C13H15N3O3/c1-8(17)14-9-3-2-4-10(7-9)15-11-5-6-12(18)16-13(11)19/h2-4,7,11,15H,5-6H2,1H3,(H,14,17)(H,16,18,19)/t11-/m1/s1. The first-order chi connectivity index (χ1) is 9.04. The highest BCUT2D eigenvalue weighted by Gasteiger charge is 2.26. The van der Waals surface area contributed by atoms with Crippen LogP contribution in [0.15, 0.2) is 24.3 Å². The summed E-state index contributed by atoms with van der Waals surface area (Å²) in [4.78, 5) is 33.6. The second kappa shape index (κ2) is 5.51. The van der Waals surface area contributed by atoms with Crippen LogP contribution in [-0.2, 0) is 14.4 Å². The number of imide groups is 1. The molecule has 0 unspecified atom stereocenters. The fourth-order valence-corrected chi connectivity index (χ4v) is 1.92. The molecule has 0 aromatic heterocycles. The van der Waals surface area contributed by atoms with Crippen LogP contribution in [0.5, 0.6) is 0 Å². The number of piperidine rings is 1. The van der Waals surface area contributed by atoms with Crippen molar-refractivity contribution < 1.29 is 14.4 Å². The highest BCUT2D eigenvalue weighted by atomic mass is 16.2. The number of hydrogen-bond acceptors (Lipinski definition) is 4. The first-order valence-corrected chi connectivity index (χ1v) is 6.02. The van der Waals surface area contributed by atoms with Crippen molar-refractivity contribution in [3.8, 4) is 0 Å². The summed E-state index contributed by atoms with van der Waals surface area (Å²) < 4.78 is 0. The van der Waals surface area contributed by atoms with E-state index in [9.17, 15) is 14.4 Å². The average Bonchev–Trinajstić information content (AvgIpc) is 2.32. The highest BCUT2D eigenvalue weighted by molar-refractivity contribution is 6.01. The SMILES string of the molecule is CC(=O)Nc1cccc(N[C@@H]2CCC(=O)NC2=O)c1. The number of carbonyl (C=O) groups excluding carboxylic acids is 3. The molecule has 3 amide bonds. The molecule has 19 heavy (non-hydrogen) atoms. The van der Waals surface area contributed by atoms with E-state index in [1.54, 1.807) is 24.3 Å². The molecule has 3 N–H and O–H groups in total. The van der Waals surface area contributed by atoms with Gasteiger partial charge in [0.2, 0.25) is 17.7 Å². The molecular weight excluding hydrogens is 246 g/mol. The molecule has 1 aromatic carbocycles. The van der Waals surface area contributed by atoms with Crippen LogP contribution in [0, 0.1) is 0 Å². The molecule has 0 radical (unpaired) electrons. The van der Waals surface area contributed by atoms with Gasteiger partial charge in [-0.25, -0.2) is 0 Å². The zero-order chi connectivity index (χ0) is 13.8. The van der Waals surface area contributed by atoms with Crippen molar-refractivity contribution in [2.24, 2.45) is 0 Å². The number of anilines is 2. The molecule has 0 bridgehead atoms. The summed E-state index contributed by atoms with van der Waals surface area (Å²) in [6.45, 7) is 1.43. The molecule has 0 spiro atoms. The minimum atomic E-state index is -0.426. The van der Waals surface area contributed by atoms with Crippen LogP contribution < -0.4 is 16.0 Å². The van der Waals surface area contributed by atoms with E-state index in [0.29, 0.717) is 18.5 Å². The summed E-state index contributed by atoms with van der Waals surface area (Å²) >= 11 is 0. The van der Waals surface area contributed by atoms with E-state index in [1.165, 1.54) is 6.92 Å². The van der Waals surface area contributed by atoms with Crippen LogP contribution in [0.4, 0.5) is 11.4 Å². The van der Waals surface area contributed by atoms with E-state index in [2.05, 4.69) is 16.0 Å². The molecule has 0 aliphatic carbocycles. The smallest absolute Gasteiger partial charge is 0.249 e. The van der Waals surface area contributed by atoms with Crippen molar-refractivity contribution in [3.05, 3.63) is 24.3 Å². The quantitative estimate of drug-likeness (QED) is 0.704. The zero-order valence-electron chi connectivity index (χ0n) is 10.5. The van der Waals surface area contributed by atoms with Gasteiger partial charge in [-0.05, 0) is 24.6 Å². The van der Waals surface area contributed by atoms with Crippen LogP contribution in [0.25, 0.3) is 0 Å². The van der Waals surface area contributed by atoms with Gasteiger partial charge in [-0.15, -0.1) is 0 Å². The Bertz CT molecular complexity index is 528. The molecule has 100 valence electrons. The van der Waals surface area contributed by atoms with Gasteiger partial charge in [0.25, 0.3) is 0 Å². The second-order valence-corrected chi connectivity index (χ2v) is 4.41. The van der Waals surface area contributed by atoms with Gasteiger partial charge in [0, 0.05) is 24.7 Å². The molecule has 2 rings (SSSR count). The van der Waals surface area contributed by atoms with E-state index in [-0.39, 0.29) is 17.7 Å². The Kier molecular flexibility index (Phi) is 3.79.